The molecule has 1 atom stereocenters. The second-order valence-electron chi connectivity index (χ2n) is 3.81. The van der Waals surface area contributed by atoms with Crippen LogP contribution < -0.4 is 0 Å². The van der Waals surface area contributed by atoms with E-state index < -0.39 is 0 Å². The van der Waals surface area contributed by atoms with E-state index in [1.54, 1.807) is 0 Å². The van der Waals surface area contributed by atoms with Crippen molar-refractivity contribution in [2.24, 2.45) is 0 Å². The van der Waals surface area contributed by atoms with Gasteiger partial charge in [-0.05, 0) is 32.9 Å². The van der Waals surface area contributed by atoms with E-state index in [0.717, 1.165) is 5.88 Å². The largest absolute Gasteiger partial charge is 0.299 e. The first-order valence-corrected chi connectivity index (χ1v) is 5.68. The van der Waals surface area contributed by atoms with E-state index in [2.05, 4.69) is 11.8 Å². The molecule has 1 unspecified atom stereocenters. The lowest BCUT2D eigenvalue weighted by molar-refractivity contribution is 0.204. The van der Waals surface area contributed by atoms with Gasteiger partial charge in [0.05, 0.1) is 0 Å². The smallest absolute Gasteiger partial charge is 0.0376 e. The molecule has 0 saturated carbocycles. The van der Waals surface area contributed by atoms with E-state index in [1.807, 2.05) is 0 Å². The molecular formula is C10H21Cl2N. The predicted molar refractivity (Wildman–Crippen MR) is 62.1 cm³/mol. The second kappa shape index (κ2) is 7.90. The van der Waals surface area contributed by atoms with Crippen molar-refractivity contribution in [3.63, 3.8) is 0 Å². The molecule has 0 N–H and O–H groups in total. The van der Waals surface area contributed by atoms with Gasteiger partial charge in [-0.25, -0.2) is 0 Å². The van der Waals surface area contributed by atoms with Crippen molar-refractivity contribution in [1.82, 2.24) is 4.90 Å². The molecule has 0 aliphatic carbocycles. The van der Waals surface area contributed by atoms with Gasteiger partial charge < -0.3 is 0 Å². The van der Waals surface area contributed by atoms with Crippen LogP contribution in [0, 0.1) is 0 Å². The fourth-order valence-corrected chi connectivity index (χ4v) is 2.01. The first-order chi connectivity index (χ1) is 5.84. The summed E-state index contributed by atoms with van der Waals surface area (Å²) in [6.07, 6.45) is 6.97. The van der Waals surface area contributed by atoms with Crippen LogP contribution in [0.2, 0.25) is 0 Å². The number of rotatable bonds is 2. The summed E-state index contributed by atoms with van der Waals surface area (Å²) >= 11 is 5.84. The number of likely N-dealkylation sites (tertiary alicyclic amines) is 1. The maximum Gasteiger partial charge on any atom is 0.0376 e. The lowest BCUT2D eigenvalue weighted by Gasteiger charge is -2.29. The van der Waals surface area contributed by atoms with Crippen molar-refractivity contribution in [2.45, 2.75) is 45.1 Å². The Morgan fingerprint density at radius 1 is 1.08 bits per heavy atom. The number of nitrogens with zero attached hydrogens (tertiary/aromatic N) is 1. The molecule has 1 saturated heterocycles. The third kappa shape index (κ3) is 5.09. The average molecular weight is 226 g/mol. The van der Waals surface area contributed by atoms with E-state index in [9.17, 15) is 0 Å². The zero-order chi connectivity index (χ0) is 8.81. The van der Waals surface area contributed by atoms with Crippen molar-refractivity contribution in [3.05, 3.63) is 0 Å². The van der Waals surface area contributed by atoms with Gasteiger partial charge in [0, 0.05) is 11.9 Å². The molecule has 0 aromatic heterocycles. The van der Waals surface area contributed by atoms with Gasteiger partial charge in [-0.3, -0.25) is 4.90 Å². The minimum Gasteiger partial charge on any atom is -0.299 e. The number of hydrogen-bond acceptors (Lipinski definition) is 1. The van der Waals surface area contributed by atoms with Gasteiger partial charge in [-0.2, -0.15) is 0 Å². The Morgan fingerprint density at radius 2 is 1.54 bits per heavy atom. The lowest BCUT2D eigenvalue weighted by Crippen LogP contribution is -2.36. The molecule has 1 nitrogen and oxygen atoms in total. The highest BCUT2D eigenvalue weighted by atomic mass is 35.5. The summed E-state index contributed by atoms with van der Waals surface area (Å²) in [5.41, 5.74) is 0. The number of hydrogen-bond donors (Lipinski definition) is 0. The normalized spacial score (nSPS) is 22.6. The van der Waals surface area contributed by atoms with Gasteiger partial charge >= 0.3 is 0 Å². The monoisotopic (exact) mass is 225 g/mol. The van der Waals surface area contributed by atoms with Crippen LogP contribution in [0.5, 0.6) is 0 Å². The van der Waals surface area contributed by atoms with E-state index in [0.29, 0.717) is 6.04 Å². The first kappa shape index (κ1) is 13.5. The van der Waals surface area contributed by atoms with Crippen LogP contribution in [0.15, 0.2) is 0 Å². The summed E-state index contributed by atoms with van der Waals surface area (Å²) in [6.45, 7) is 4.75. The summed E-state index contributed by atoms with van der Waals surface area (Å²) in [6, 6.07) is 0.574. The Bertz CT molecular complexity index is 111. The molecule has 1 heterocycles. The molecule has 1 aliphatic rings. The molecule has 1 rings (SSSR count). The number of alkyl halides is 1. The van der Waals surface area contributed by atoms with Crippen LogP contribution in [0.4, 0.5) is 0 Å². The van der Waals surface area contributed by atoms with Crippen molar-refractivity contribution in [1.29, 1.82) is 0 Å². The van der Waals surface area contributed by atoms with Crippen LogP contribution >= 0.6 is 24.0 Å². The molecule has 0 radical (unpaired) electrons. The van der Waals surface area contributed by atoms with Gasteiger partial charge in [0.2, 0.25) is 0 Å². The Balaban J connectivity index is 0.00000144. The zero-order valence-electron chi connectivity index (χ0n) is 8.47. The van der Waals surface area contributed by atoms with Gasteiger partial charge in [-0.1, -0.05) is 19.3 Å². The van der Waals surface area contributed by atoms with E-state index in [4.69, 9.17) is 11.6 Å². The van der Waals surface area contributed by atoms with Gasteiger partial charge in [0.15, 0.2) is 0 Å². The number of halogens is 2. The fraction of sp³-hybridized carbons (Fsp3) is 1.00. The molecular weight excluding hydrogens is 205 g/mol. The minimum atomic E-state index is 0. The van der Waals surface area contributed by atoms with Crippen molar-refractivity contribution in [2.75, 3.05) is 19.0 Å². The topological polar surface area (TPSA) is 3.24 Å². The third-order valence-corrected chi connectivity index (χ3v) is 3.18. The maximum atomic E-state index is 5.84. The van der Waals surface area contributed by atoms with Gasteiger partial charge in [-0.15, -0.1) is 24.0 Å². The highest BCUT2D eigenvalue weighted by molar-refractivity contribution is 6.18. The molecule has 0 amide bonds. The van der Waals surface area contributed by atoms with E-state index in [-0.39, 0.29) is 12.4 Å². The molecule has 13 heavy (non-hydrogen) atoms. The highest BCUT2D eigenvalue weighted by Gasteiger charge is 2.13. The molecule has 0 bridgehead atoms. The van der Waals surface area contributed by atoms with Crippen LogP contribution in [-0.4, -0.2) is 29.9 Å². The summed E-state index contributed by atoms with van der Waals surface area (Å²) in [5, 5.41) is 0. The van der Waals surface area contributed by atoms with Crippen molar-refractivity contribution in [3.8, 4) is 0 Å². The molecule has 1 fully saturated rings. The molecule has 80 valence electrons. The maximum absolute atomic E-state index is 5.84. The Kier molecular flexibility index (Phi) is 8.23. The van der Waals surface area contributed by atoms with Crippen molar-refractivity contribution >= 4 is 24.0 Å². The highest BCUT2D eigenvalue weighted by Crippen LogP contribution is 2.13. The Hall–Kier alpha value is 0.540. The molecule has 1 aliphatic heterocycles. The van der Waals surface area contributed by atoms with Crippen LogP contribution in [0.1, 0.15) is 39.0 Å². The zero-order valence-corrected chi connectivity index (χ0v) is 10.0. The summed E-state index contributed by atoms with van der Waals surface area (Å²) in [7, 11) is 0. The quantitative estimate of drug-likeness (QED) is 0.653. The third-order valence-electron chi connectivity index (χ3n) is 2.74. The SMILES string of the molecule is CC(CCl)N1CCCCCCC1.Cl. The predicted octanol–water partition coefficient (Wildman–Crippen LogP) is 3.30. The van der Waals surface area contributed by atoms with Gasteiger partial charge in [0.1, 0.15) is 0 Å². The summed E-state index contributed by atoms with van der Waals surface area (Å²) < 4.78 is 0. The molecule has 0 spiro atoms. The molecule has 3 heteroatoms. The van der Waals surface area contributed by atoms with Gasteiger partial charge in [0.25, 0.3) is 0 Å². The molecule has 0 aromatic carbocycles. The van der Waals surface area contributed by atoms with Crippen LogP contribution in [-0.2, 0) is 0 Å². The van der Waals surface area contributed by atoms with Crippen LogP contribution in [0.3, 0.4) is 0 Å². The summed E-state index contributed by atoms with van der Waals surface area (Å²) in [5.74, 6) is 0.778. The van der Waals surface area contributed by atoms with Crippen molar-refractivity contribution < 1.29 is 0 Å². The standard InChI is InChI=1S/C10H20ClN.ClH/c1-10(9-11)12-7-5-3-2-4-6-8-12;/h10H,2-9H2,1H3;1H. The lowest BCUT2D eigenvalue weighted by atomic mass is 10.1. The van der Waals surface area contributed by atoms with E-state index in [1.165, 1.54) is 45.2 Å². The minimum absolute atomic E-state index is 0. The van der Waals surface area contributed by atoms with E-state index >= 15 is 0 Å². The Labute approximate surface area is 93.2 Å². The van der Waals surface area contributed by atoms with Crippen LogP contribution in [0.25, 0.3) is 0 Å². The average Bonchev–Trinajstić information content (AvgIpc) is 2.02. The summed E-state index contributed by atoms with van der Waals surface area (Å²) in [4.78, 5) is 2.53. The second-order valence-corrected chi connectivity index (χ2v) is 4.12. The Morgan fingerprint density at radius 3 is 2.00 bits per heavy atom. The first-order valence-electron chi connectivity index (χ1n) is 5.14. The molecule has 0 aromatic rings. The fourth-order valence-electron chi connectivity index (χ4n) is 1.81.